The number of amides is 2. The third kappa shape index (κ3) is 5.07. The number of rotatable bonds is 4. The van der Waals surface area contributed by atoms with Gasteiger partial charge in [0.2, 0.25) is 0 Å². The number of carbonyl (C=O) groups is 2. The van der Waals surface area contributed by atoms with Crippen molar-refractivity contribution >= 4 is 45.8 Å². The van der Waals surface area contributed by atoms with E-state index in [1.165, 1.54) is 0 Å². The van der Waals surface area contributed by atoms with Gasteiger partial charge in [-0.1, -0.05) is 24.3 Å². The van der Waals surface area contributed by atoms with Gasteiger partial charge in [0.15, 0.2) is 0 Å². The molecule has 0 atom stereocenters. The van der Waals surface area contributed by atoms with E-state index in [4.69, 9.17) is 0 Å². The molecule has 158 valence electrons. The maximum atomic E-state index is 12.8. The number of aryl methyl sites for hydroxylation is 1. The lowest BCUT2D eigenvalue weighted by molar-refractivity contribution is 0.0746. The summed E-state index contributed by atoms with van der Waals surface area (Å²) in [6.45, 7) is 4.93. The molecule has 3 aromatic rings. The van der Waals surface area contributed by atoms with E-state index in [-0.39, 0.29) is 11.8 Å². The fourth-order valence-corrected chi connectivity index (χ4v) is 4.28. The Bertz CT molecular complexity index is 1090. The van der Waals surface area contributed by atoms with Crippen molar-refractivity contribution in [1.29, 1.82) is 0 Å². The average Bonchev–Trinajstić information content (AvgIpc) is 2.79. The summed E-state index contributed by atoms with van der Waals surface area (Å²) in [5, 5.41) is 2.95. The van der Waals surface area contributed by atoms with Crippen LogP contribution in [0.5, 0.6) is 0 Å². The zero-order valence-corrected chi connectivity index (χ0v) is 19.5. The van der Waals surface area contributed by atoms with E-state index < -0.39 is 0 Å². The summed E-state index contributed by atoms with van der Waals surface area (Å²) >= 11 is 2.20. The minimum absolute atomic E-state index is 0.103. The van der Waals surface area contributed by atoms with E-state index in [0.29, 0.717) is 18.7 Å². The molecule has 1 N–H and O–H groups in total. The molecule has 0 aromatic heterocycles. The molecule has 3 aromatic carbocycles. The zero-order valence-electron chi connectivity index (χ0n) is 17.3. The summed E-state index contributed by atoms with van der Waals surface area (Å²) in [5.41, 5.74) is 4.29. The molecule has 4 rings (SSSR count). The van der Waals surface area contributed by atoms with Gasteiger partial charge in [0, 0.05) is 52.3 Å². The standard InChI is InChI=1S/C25H24IN3O2/c1-18-5-2-3-8-23(18)25(31)29-15-13-28(14-16-29)22-11-9-21(10-12-22)27-24(30)19-6-4-7-20(26)17-19/h2-12,17H,13-16H2,1H3,(H,27,30). The van der Waals surface area contributed by atoms with Crippen LogP contribution in [0, 0.1) is 10.5 Å². The first-order chi connectivity index (χ1) is 15.0. The predicted octanol–water partition coefficient (Wildman–Crippen LogP) is 4.81. The van der Waals surface area contributed by atoms with Crippen LogP contribution in [0.2, 0.25) is 0 Å². The smallest absolute Gasteiger partial charge is 0.255 e. The quantitative estimate of drug-likeness (QED) is 0.498. The summed E-state index contributed by atoms with van der Waals surface area (Å²) in [5.74, 6) is -0.0130. The molecule has 1 saturated heterocycles. The summed E-state index contributed by atoms with van der Waals surface area (Å²) in [4.78, 5) is 29.4. The van der Waals surface area contributed by atoms with Gasteiger partial charge in [-0.3, -0.25) is 9.59 Å². The average molecular weight is 525 g/mol. The van der Waals surface area contributed by atoms with Crippen LogP contribution in [-0.2, 0) is 0 Å². The van der Waals surface area contributed by atoms with Crippen LogP contribution in [-0.4, -0.2) is 42.9 Å². The molecule has 0 radical (unpaired) electrons. The summed E-state index contributed by atoms with van der Waals surface area (Å²) in [6.07, 6.45) is 0. The zero-order chi connectivity index (χ0) is 21.8. The molecule has 5 nitrogen and oxygen atoms in total. The summed E-state index contributed by atoms with van der Waals surface area (Å²) < 4.78 is 1.03. The molecule has 0 unspecified atom stereocenters. The van der Waals surface area contributed by atoms with Crippen LogP contribution in [0.3, 0.4) is 0 Å². The third-order valence-corrected chi connectivity index (χ3v) is 6.19. The van der Waals surface area contributed by atoms with Gasteiger partial charge >= 0.3 is 0 Å². The predicted molar refractivity (Wildman–Crippen MR) is 133 cm³/mol. The molecule has 1 aliphatic rings. The van der Waals surface area contributed by atoms with Gasteiger partial charge in [-0.25, -0.2) is 0 Å². The molecular formula is C25H24IN3O2. The van der Waals surface area contributed by atoms with Gasteiger partial charge in [-0.15, -0.1) is 0 Å². The number of benzene rings is 3. The van der Waals surface area contributed by atoms with E-state index in [0.717, 1.165) is 39.2 Å². The van der Waals surface area contributed by atoms with Crippen LogP contribution in [0.15, 0.2) is 72.8 Å². The molecule has 0 spiro atoms. The van der Waals surface area contributed by atoms with Crippen molar-refractivity contribution in [2.24, 2.45) is 0 Å². The minimum atomic E-state index is -0.116. The number of carbonyl (C=O) groups excluding carboxylic acids is 2. The third-order valence-electron chi connectivity index (χ3n) is 5.52. The molecule has 6 heteroatoms. The van der Waals surface area contributed by atoms with E-state index in [9.17, 15) is 9.59 Å². The lowest BCUT2D eigenvalue weighted by Gasteiger charge is -2.36. The fraction of sp³-hybridized carbons (Fsp3) is 0.200. The Labute approximate surface area is 196 Å². The molecule has 1 fully saturated rings. The highest BCUT2D eigenvalue weighted by Gasteiger charge is 2.23. The largest absolute Gasteiger partial charge is 0.368 e. The van der Waals surface area contributed by atoms with Crippen LogP contribution in [0.25, 0.3) is 0 Å². The maximum Gasteiger partial charge on any atom is 0.255 e. The van der Waals surface area contributed by atoms with E-state index in [2.05, 4.69) is 32.8 Å². The molecule has 1 aliphatic heterocycles. The van der Waals surface area contributed by atoms with Gasteiger partial charge in [0.05, 0.1) is 0 Å². The highest BCUT2D eigenvalue weighted by Crippen LogP contribution is 2.21. The first-order valence-electron chi connectivity index (χ1n) is 10.3. The van der Waals surface area contributed by atoms with Gasteiger partial charge < -0.3 is 15.1 Å². The van der Waals surface area contributed by atoms with Crippen molar-refractivity contribution in [3.8, 4) is 0 Å². The highest BCUT2D eigenvalue weighted by atomic mass is 127. The van der Waals surface area contributed by atoms with Crippen molar-refractivity contribution < 1.29 is 9.59 Å². The van der Waals surface area contributed by atoms with Crippen molar-refractivity contribution in [1.82, 2.24) is 4.90 Å². The monoisotopic (exact) mass is 525 g/mol. The Morgan fingerprint density at radius 2 is 1.58 bits per heavy atom. The SMILES string of the molecule is Cc1ccccc1C(=O)N1CCN(c2ccc(NC(=O)c3cccc(I)c3)cc2)CC1. The normalized spacial score (nSPS) is 13.7. The molecule has 2 amide bonds. The molecule has 0 bridgehead atoms. The van der Waals surface area contributed by atoms with Crippen LogP contribution in [0.4, 0.5) is 11.4 Å². The molecular weight excluding hydrogens is 501 g/mol. The van der Waals surface area contributed by atoms with Crippen LogP contribution in [0.1, 0.15) is 26.3 Å². The minimum Gasteiger partial charge on any atom is -0.368 e. The van der Waals surface area contributed by atoms with Crippen LogP contribution < -0.4 is 10.2 Å². The Balaban J connectivity index is 1.35. The summed E-state index contributed by atoms with van der Waals surface area (Å²) in [7, 11) is 0. The Hall–Kier alpha value is -2.87. The second kappa shape index (κ2) is 9.51. The maximum absolute atomic E-state index is 12.8. The van der Waals surface area contributed by atoms with E-state index >= 15 is 0 Å². The molecule has 1 heterocycles. The number of anilines is 2. The van der Waals surface area contributed by atoms with E-state index in [1.807, 2.05) is 84.6 Å². The van der Waals surface area contributed by atoms with Crippen molar-refractivity contribution in [3.63, 3.8) is 0 Å². The van der Waals surface area contributed by atoms with Crippen molar-refractivity contribution in [2.75, 3.05) is 36.4 Å². The number of piperazine rings is 1. The van der Waals surface area contributed by atoms with Gasteiger partial charge in [-0.2, -0.15) is 0 Å². The van der Waals surface area contributed by atoms with Crippen molar-refractivity contribution in [3.05, 3.63) is 93.1 Å². The summed E-state index contributed by atoms with van der Waals surface area (Å²) in [6, 6.07) is 23.1. The Morgan fingerprint density at radius 1 is 0.871 bits per heavy atom. The topological polar surface area (TPSA) is 52.7 Å². The molecule has 0 aliphatic carbocycles. The van der Waals surface area contributed by atoms with Crippen LogP contribution >= 0.6 is 22.6 Å². The highest BCUT2D eigenvalue weighted by molar-refractivity contribution is 14.1. The molecule has 0 saturated carbocycles. The van der Waals surface area contributed by atoms with Crippen molar-refractivity contribution in [2.45, 2.75) is 6.92 Å². The second-order valence-electron chi connectivity index (χ2n) is 7.61. The van der Waals surface area contributed by atoms with Gasteiger partial charge in [0.1, 0.15) is 0 Å². The van der Waals surface area contributed by atoms with Gasteiger partial charge in [0.25, 0.3) is 11.8 Å². The Kier molecular flexibility index (Phi) is 6.56. The number of halogens is 1. The first kappa shape index (κ1) is 21.4. The number of nitrogens with one attached hydrogen (secondary N) is 1. The first-order valence-corrected chi connectivity index (χ1v) is 11.4. The van der Waals surface area contributed by atoms with E-state index in [1.54, 1.807) is 0 Å². The molecule has 31 heavy (non-hydrogen) atoms. The Morgan fingerprint density at radius 3 is 2.26 bits per heavy atom. The number of hydrogen-bond donors (Lipinski definition) is 1. The number of nitrogens with zero attached hydrogens (tertiary/aromatic N) is 2. The lowest BCUT2D eigenvalue weighted by Crippen LogP contribution is -2.48. The second-order valence-corrected chi connectivity index (χ2v) is 8.85. The fourth-order valence-electron chi connectivity index (χ4n) is 3.74. The lowest BCUT2D eigenvalue weighted by atomic mass is 10.1. The van der Waals surface area contributed by atoms with Gasteiger partial charge in [-0.05, 0) is 83.6 Å². The number of hydrogen-bond acceptors (Lipinski definition) is 3.